The van der Waals surface area contributed by atoms with Crippen molar-refractivity contribution in [2.75, 3.05) is 6.54 Å². The van der Waals surface area contributed by atoms with Gasteiger partial charge in [-0.2, -0.15) is 0 Å². The number of benzene rings is 1. The summed E-state index contributed by atoms with van der Waals surface area (Å²) in [6.45, 7) is 0.848. The quantitative estimate of drug-likeness (QED) is 0.898. The van der Waals surface area contributed by atoms with E-state index in [9.17, 15) is 0 Å². The van der Waals surface area contributed by atoms with Gasteiger partial charge in [0.1, 0.15) is 12.4 Å². The molecule has 1 aromatic carbocycles. The third-order valence-corrected chi connectivity index (χ3v) is 2.80. The van der Waals surface area contributed by atoms with Crippen molar-refractivity contribution in [2.45, 2.75) is 13.0 Å². The largest absolute Gasteiger partial charge is 0.485 e. The normalized spacial score (nSPS) is 10.3. The van der Waals surface area contributed by atoms with Crippen molar-refractivity contribution in [1.29, 1.82) is 0 Å². The van der Waals surface area contributed by atoms with Crippen LogP contribution in [-0.2, 0) is 13.0 Å². The summed E-state index contributed by atoms with van der Waals surface area (Å²) in [6, 6.07) is 7.32. The molecular formula is C13H14ClN3O. The smallest absolute Gasteiger partial charge is 0.166 e. The average Bonchev–Trinajstić information content (AvgIpc) is 2.41. The Labute approximate surface area is 111 Å². The summed E-state index contributed by atoms with van der Waals surface area (Å²) in [5, 5.41) is 0.673. The molecule has 18 heavy (non-hydrogen) atoms. The first-order valence-corrected chi connectivity index (χ1v) is 6.05. The zero-order valence-corrected chi connectivity index (χ0v) is 10.6. The Hall–Kier alpha value is -1.65. The number of hydrogen-bond acceptors (Lipinski definition) is 4. The van der Waals surface area contributed by atoms with E-state index in [1.54, 1.807) is 18.5 Å². The Morgan fingerprint density at radius 3 is 2.67 bits per heavy atom. The molecule has 2 aromatic rings. The summed E-state index contributed by atoms with van der Waals surface area (Å²) in [4.78, 5) is 8.20. The van der Waals surface area contributed by atoms with E-state index in [1.807, 2.05) is 18.2 Å². The van der Waals surface area contributed by atoms with Crippen LogP contribution in [0.4, 0.5) is 0 Å². The van der Waals surface area contributed by atoms with Crippen LogP contribution < -0.4 is 10.5 Å². The van der Waals surface area contributed by atoms with Gasteiger partial charge >= 0.3 is 0 Å². The number of rotatable bonds is 5. The minimum absolute atomic E-state index is 0.318. The van der Waals surface area contributed by atoms with E-state index in [0.29, 0.717) is 30.4 Å². The molecule has 94 valence electrons. The van der Waals surface area contributed by atoms with Crippen LogP contribution in [0.5, 0.6) is 5.75 Å². The van der Waals surface area contributed by atoms with E-state index in [0.717, 1.165) is 11.3 Å². The van der Waals surface area contributed by atoms with Crippen LogP contribution in [0.1, 0.15) is 11.4 Å². The fourth-order valence-corrected chi connectivity index (χ4v) is 1.87. The standard InChI is InChI=1S/C13H14ClN3O/c14-11-3-1-4-12(10(11)5-6-15)18-9-13-16-7-2-8-17-13/h1-4,7-8H,5-6,9,15H2. The summed E-state index contributed by atoms with van der Waals surface area (Å²) in [5.41, 5.74) is 6.50. The molecular weight excluding hydrogens is 250 g/mol. The van der Waals surface area contributed by atoms with E-state index in [1.165, 1.54) is 0 Å². The highest BCUT2D eigenvalue weighted by Gasteiger charge is 2.08. The third-order valence-electron chi connectivity index (χ3n) is 2.45. The second-order valence-corrected chi connectivity index (χ2v) is 4.12. The molecule has 2 N–H and O–H groups in total. The van der Waals surface area contributed by atoms with Gasteiger partial charge in [-0.3, -0.25) is 0 Å². The number of halogens is 1. The van der Waals surface area contributed by atoms with Gasteiger partial charge in [0, 0.05) is 23.0 Å². The minimum atomic E-state index is 0.318. The van der Waals surface area contributed by atoms with E-state index in [-0.39, 0.29) is 0 Å². The van der Waals surface area contributed by atoms with Crippen LogP contribution in [0.25, 0.3) is 0 Å². The number of nitrogens with two attached hydrogens (primary N) is 1. The SMILES string of the molecule is NCCc1c(Cl)cccc1OCc1ncccn1. The van der Waals surface area contributed by atoms with Gasteiger partial charge in [-0.1, -0.05) is 17.7 Å². The zero-order chi connectivity index (χ0) is 12.8. The number of nitrogens with zero attached hydrogens (tertiary/aromatic N) is 2. The van der Waals surface area contributed by atoms with Crippen molar-refractivity contribution in [3.05, 3.63) is 53.1 Å². The van der Waals surface area contributed by atoms with Gasteiger partial charge in [-0.05, 0) is 31.2 Å². The Balaban J connectivity index is 2.11. The molecule has 0 saturated heterocycles. The van der Waals surface area contributed by atoms with Crippen LogP contribution >= 0.6 is 11.6 Å². The molecule has 2 rings (SSSR count). The third kappa shape index (κ3) is 3.18. The molecule has 4 nitrogen and oxygen atoms in total. The molecule has 0 aliphatic carbocycles. The van der Waals surface area contributed by atoms with Crippen molar-refractivity contribution in [3.63, 3.8) is 0 Å². The molecule has 0 atom stereocenters. The zero-order valence-electron chi connectivity index (χ0n) is 9.84. The fourth-order valence-electron chi connectivity index (χ4n) is 1.61. The molecule has 0 aliphatic heterocycles. The van der Waals surface area contributed by atoms with Crippen LogP contribution in [0, 0.1) is 0 Å². The Bertz CT molecular complexity index is 505. The van der Waals surface area contributed by atoms with Crippen molar-refractivity contribution < 1.29 is 4.74 Å². The van der Waals surface area contributed by atoms with Crippen LogP contribution in [0.2, 0.25) is 5.02 Å². The molecule has 1 heterocycles. The molecule has 0 spiro atoms. The molecule has 0 radical (unpaired) electrons. The number of aromatic nitrogens is 2. The van der Waals surface area contributed by atoms with Gasteiger partial charge in [-0.15, -0.1) is 0 Å². The molecule has 0 unspecified atom stereocenters. The first-order chi connectivity index (χ1) is 8.81. The van der Waals surface area contributed by atoms with E-state index in [2.05, 4.69) is 9.97 Å². The van der Waals surface area contributed by atoms with Gasteiger partial charge in [0.2, 0.25) is 0 Å². The maximum Gasteiger partial charge on any atom is 0.166 e. The lowest BCUT2D eigenvalue weighted by atomic mass is 10.1. The lowest BCUT2D eigenvalue weighted by Gasteiger charge is -2.11. The Morgan fingerprint density at radius 2 is 1.94 bits per heavy atom. The molecule has 0 aliphatic rings. The van der Waals surface area contributed by atoms with Crippen LogP contribution in [-0.4, -0.2) is 16.5 Å². The van der Waals surface area contributed by atoms with Crippen molar-refractivity contribution in [1.82, 2.24) is 9.97 Å². The summed E-state index contributed by atoms with van der Waals surface area (Å²) in [7, 11) is 0. The summed E-state index contributed by atoms with van der Waals surface area (Å²) in [5.74, 6) is 1.37. The maximum absolute atomic E-state index is 6.12. The van der Waals surface area contributed by atoms with Crippen LogP contribution in [0.3, 0.4) is 0 Å². The molecule has 1 aromatic heterocycles. The monoisotopic (exact) mass is 263 g/mol. The topological polar surface area (TPSA) is 61.0 Å². The Kier molecular flexibility index (Phi) is 4.50. The second-order valence-electron chi connectivity index (χ2n) is 3.71. The highest BCUT2D eigenvalue weighted by atomic mass is 35.5. The average molecular weight is 264 g/mol. The van der Waals surface area contributed by atoms with Gasteiger partial charge in [-0.25, -0.2) is 9.97 Å². The predicted molar refractivity (Wildman–Crippen MR) is 70.6 cm³/mol. The molecule has 5 heteroatoms. The number of hydrogen-bond donors (Lipinski definition) is 1. The lowest BCUT2D eigenvalue weighted by Crippen LogP contribution is -2.07. The van der Waals surface area contributed by atoms with Crippen molar-refractivity contribution >= 4 is 11.6 Å². The van der Waals surface area contributed by atoms with Gasteiger partial charge in [0.25, 0.3) is 0 Å². The minimum Gasteiger partial charge on any atom is -0.485 e. The summed E-state index contributed by atoms with van der Waals surface area (Å²) < 4.78 is 5.69. The van der Waals surface area contributed by atoms with Gasteiger partial charge < -0.3 is 10.5 Å². The maximum atomic E-state index is 6.12. The molecule has 0 saturated carbocycles. The highest BCUT2D eigenvalue weighted by molar-refractivity contribution is 6.31. The van der Waals surface area contributed by atoms with Crippen molar-refractivity contribution in [2.24, 2.45) is 5.73 Å². The second kappa shape index (κ2) is 6.33. The molecule has 0 bridgehead atoms. The number of ether oxygens (including phenoxy) is 1. The van der Waals surface area contributed by atoms with Gasteiger partial charge in [0.15, 0.2) is 5.82 Å². The molecule has 0 amide bonds. The summed E-state index contributed by atoms with van der Waals surface area (Å²) in [6.07, 6.45) is 4.06. The predicted octanol–water partition coefficient (Wildman–Crippen LogP) is 2.21. The lowest BCUT2D eigenvalue weighted by molar-refractivity contribution is 0.293. The summed E-state index contributed by atoms with van der Waals surface area (Å²) >= 11 is 6.12. The Morgan fingerprint density at radius 1 is 1.17 bits per heavy atom. The fraction of sp³-hybridized carbons (Fsp3) is 0.231. The van der Waals surface area contributed by atoms with E-state index in [4.69, 9.17) is 22.1 Å². The van der Waals surface area contributed by atoms with E-state index < -0.39 is 0 Å². The van der Waals surface area contributed by atoms with Crippen LogP contribution in [0.15, 0.2) is 36.7 Å². The highest BCUT2D eigenvalue weighted by Crippen LogP contribution is 2.27. The van der Waals surface area contributed by atoms with Crippen molar-refractivity contribution in [3.8, 4) is 5.75 Å². The van der Waals surface area contributed by atoms with E-state index >= 15 is 0 Å². The molecule has 0 fully saturated rings. The first-order valence-electron chi connectivity index (χ1n) is 5.67. The first kappa shape index (κ1) is 12.8. The van der Waals surface area contributed by atoms with Gasteiger partial charge in [0.05, 0.1) is 0 Å².